The van der Waals surface area contributed by atoms with Crippen LogP contribution in [0.1, 0.15) is 40.5 Å². The molecule has 0 fully saturated rings. The molecule has 0 aromatic heterocycles. The van der Waals surface area contributed by atoms with Gasteiger partial charge in [0.1, 0.15) is 5.78 Å². The fraction of sp³-hybridized carbons (Fsp3) is 0.909. The number of carbonyl (C=O) groups is 1. The van der Waals surface area contributed by atoms with Crippen molar-refractivity contribution in [2.75, 3.05) is 20.1 Å². The lowest BCUT2D eigenvalue weighted by atomic mass is 9.96. The minimum absolute atomic E-state index is 0.279. The van der Waals surface area contributed by atoms with Gasteiger partial charge in [-0.2, -0.15) is 0 Å². The van der Waals surface area contributed by atoms with E-state index < -0.39 is 0 Å². The van der Waals surface area contributed by atoms with Crippen LogP contribution in [0.15, 0.2) is 0 Å². The smallest absolute Gasteiger partial charge is 0.146 e. The molecule has 0 N–H and O–H groups in total. The molecule has 0 aliphatic carbocycles. The van der Waals surface area contributed by atoms with Gasteiger partial charge in [0.25, 0.3) is 0 Å². The highest BCUT2D eigenvalue weighted by molar-refractivity contribution is 5.80. The molecule has 78 valence electrons. The van der Waals surface area contributed by atoms with E-state index in [4.69, 9.17) is 0 Å². The molecule has 0 aliphatic rings. The van der Waals surface area contributed by atoms with Crippen LogP contribution in [0.2, 0.25) is 0 Å². The summed E-state index contributed by atoms with van der Waals surface area (Å²) in [5.74, 6) is 0.356. The van der Waals surface area contributed by atoms with Crippen molar-refractivity contribution in [2.24, 2.45) is 5.41 Å². The Bertz CT molecular complexity index is 158. The Kier molecular flexibility index (Phi) is 5.23. The minimum atomic E-state index is 0.279. The predicted molar refractivity (Wildman–Crippen MR) is 56.9 cm³/mol. The third-order valence-electron chi connectivity index (χ3n) is 1.72. The van der Waals surface area contributed by atoms with E-state index in [1.807, 2.05) is 14.0 Å². The van der Waals surface area contributed by atoms with Crippen LogP contribution in [-0.4, -0.2) is 30.8 Å². The van der Waals surface area contributed by atoms with Crippen molar-refractivity contribution in [3.63, 3.8) is 0 Å². The van der Waals surface area contributed by atoms with Crippen LogP contribution in [-0.2, 0) is 4.79 Å². The summed E-state index contributed by atoms with van der Waals surface area (Å²) >= 11 is 0. The fourth-order valence-corrected chi connectivity index (χ4v) is 1.52. The standard InChI is InChI=1S/C11H23NO/c1-6-7-10(13)8-12(5)9-11(2,3)4/h6-9H2,1-5H3. The number of ketones is 1. The molecule has 0 radical (unpaired) electrons. The van der Waals surface area contributed by atoms with Gasteiger partial charge in [0.2, 0.25) is 0 Å². The van der Waals surface area contributed by atoms with E-state index >= 15 is 0 Å². The van der Waals surface area contributed by atoms with Crippen molar-refractivity contribution < 1.29 is 4.79 Å². The topological polar surface area (TPSA) is 20.3 Å². The molecule has 13 heavy (non-hydrogen) atoms. The average molecular weight is 185 g/mol. The number of hydrogen-bond acceptors (Lipinski definition) is 2. The van der Waals surface area contributed by atoms with Crippen molar-refractivity contribution in [2.45, 2.75) is 40.5 Å². The minimum Gasteiger partial charge on any atom is -0.299 e. The molecule has 0 heterocycles. The van der Waals surface area contributed by atoms with Crippen LogP contribution < -0.4 is 0 Å². The molecule has 0 aromatic carbocycles. The van der Waals surface area contributed by atoms with Gasteiger partial charge in [0.05, 0.1) is 6.54 Å². The molecule has 0 bridgehead atoms. The normalized spacial score (nSPS) is 12.2. The Hall–Kier alpha value is -0.370. The zero-order valence-corrected chi connectivity index (χ0v) is 9.68. The first-order chi connectivity index (χ1) is 5.85. The lowest BCUT2D eigenvalue weighted by Gasteiger charge is -2.25. The van der Waals surface area contributed by atoms with Crippen molar-refractivity contribution in [1.29, 1.82) is 0 Å². The first-order valence-electron chi connectivity index (χ1n) is 5.05. The Morgan fingerprint density at radius 2 is 1.85 bits per heavy atom. The summed E-state index contributed by atoms with van der Waals surface area (Å²) in [6, 6.07) is 0. The van der Waals surface area contributed by atoms with E-state index in [1.54, 1.807) is 0 Å². The molecule has 0 amide bonds. The van der Waals surface area contributed by atoms with Gasteiger partial charge in [0.15, 0.2) is 0 Å². The SMILES string of the molecule is CCCC(=O)CN(C)CC(C)(C)C. The summed E-state index contributed by atoms with van der Waals surface area (Å²) in [6.07, 6.45) is 1.68. The van der Waals surface area contributed by atoms with Crippen LogP contribution in [0.5, 0.6) is 0 Å². The monoisotopic (exact) mass is 185 g/mol. The second-order valence-electron chi connectivity index (χ2n) is 5.02. The van der Waals surface area contributed by atoms with Gasteiger partial charge < -0.3 is 0 Å². The fourth-order valence-electron chi connectivity index (χ4n) is 1.52. The lowest BCUT2D eigenvalue weighted by molar-refractivity contribution is -0.120. The first kappa shape index (κ1) is 12.6. The van der Waals surface area contributed by atoms with Crippen LogP contribution in [0.3, 0.4) is 0 Å². The summed E-state index contributed by atoms with van der Waals surface area (Å²) < 4.78 is 0. The van der Waals surface area contributed by atoms with Crippen LogP contribution in [0, 0.1) is 5.41 Å². The highest BCUT2D eigenvalue weighted by atomic mass is 16.1. The number of hydrogen-bond donors (Lipinski definition) is 0. The summed E-state index contributed by atoms with van der Waals surface area (Å²) in [4.78, 5) is 13.4. The predicted octanol–water partition coefficient (Wildman–Crippen LogP) is 2.33. The molecular weight excluding hydrogens is 162 g/mol. The third kappa shape index (κ3) is 7.97. The van der Waals surface area contributed by atoms with Gasteiger partial charge >= 0.3 is 0 Å². The van der Waals surface area contributed by atoms with E-state index in [9.17, 15) is 4.79 Å². The number of nitrogens with zero attached hydrogens (tertiary/aromatic N) is 1. The molecular formula is C11H23NO. The number of rotatable bonds is 5. The van der Waals surface area contributed by atoms with E-state index in [0.29, 0.717) is 18.7 Å². The van der Waals surface area contributed by atoms with Crippen molar-refractivity contribution in [1.82, 2.24) is 4.90 Å². The maximum Gasteiger partial charge on any atom is 0.146 e. The molecule has 0 spiro atoms. The molecule has 2 nitrogen and oxygen atoms in total. The zero-order valence-electron chi connectivity index (χ0n) is 9.68. The van der Waals surface area contributed by atoms with E-state index in [-0.39, 0.29) is 5.41 Å². The molecule has 0 saturated carbocycles. The highest BCUT2D eigenvalue weighted by Gasteiger charge is 2.14. The molecule has 0 saturated heterocycles. The molecule has 0 aromatic rings. The van der Waals surface area contributed by atoms with Gasteiger partial charge in [-0.3, -0.25) is 9.69 Å². The summed E-state index contributed by atoms with van der Waals surface area (Å²) in [6.45, 7) is 10.2. The molecule has 0 atom stereocenters. The van der Waals surface area contributed by atoms with E-state index in [0.717, 1.165) is 13.0 Å². The number of Topliss-reactive ketones (excluding diaryl/α,β-unsaturated/α-hetero) is 1. The van der Waals surface area contributed by atoms with E-state index in [1.165, 1.54) is 0 Å². The summed E-state index contributed by atoms with van der Waals surface area (Å²) in [5, 5.41) is 0. The van der Waals surface area contributed by atoms with Gasteiger partial charge in [-0.15, -0.1) is 0 Å². The van der Waals surface area contributed by atoms with Gasteiger partial charge in [-0.05, 0) is 18.9 Å². The second kappa shape index (κ2) is 5.38. The molecule has 0 rings (SSSR count). The summed E-state index contributed by atoms with van der Waals surface area (Å²) in [5.41, 5.74) is 0.279. The Balaban J connectivity index is 3.74. The summed E-state index contributed by atoms with van der Waals surface area (Å²) in [7, 11) is 2.01. The van der Waals surface area contributed by atoms with E-state index in [2.05, 4.69) is 25.7 Å². The maximum absolute atomic E-state index is 11.3. The molecule has 2 heteroatoms. The maximum atomic E-state index is 11.3. The van der Waals surface area contributed by atoms with Gasteiger partial charge in [-0.1, -0.05) is 27.7 Å². The highest BCUT2D eigenvalue weighted by Crippen LogP contribution is 2.13. The van der Waals surface area contributed by atoms with Crippen molar-refractivity contribution >= 4 is 5.78 Å². The van der Waals surface area contributed by atoms with Crippen molar-refractivity contribution in [3.05, 3.63) is 0 Å². The third-order valence-corrected chi connectivity index (χ3v) is 1.72. The molecule has 0 unspecified atom stereocenters. The molecule has 0 aliphatic heterocycles. The lowest BCUT2D eigenvalue weighted by Crippen LogP contribution is -2.33. The van der Waals surface area contributed by atoms with Crippen LogP contribution in [0.4, 0.5) is 0 Å². The Labute approximate surface area is 82.3 Å². The van der Waals surface area contributed by atoms with Crippen LogP contribution in [0.25, 0.3) is 0 Å². The Morgan fingerprint density at radius 3 is 2.23 bits per heavy atom. The number of carbonyl (C=O) groups excluding carboxylic acids is 1. The largest absolute Gasteiger partial charge is 0.299 e. The zero-order chi connectivity index (χ0) is 10.5. The average Bonchev–Trinajstić information content (AvgIpc) is 1.81. The number of likely N-dealkylation sites (N-methyl/N-ethyl adjacent to an activating group) is 1. The van der Waals surface area contributed by atoms with Crippen LogP contribution >= 0.6 is 0 Å². The quantitative estimate of drug-likeness (QED) is 0.655. The first-order valence-corrected chi connectivity index (χ1v) is 5.05. The van der Waals surface area contributed by atoms with Gasteiger partial charge in [-0.25, -0.2) is 0 Å². The Morgan fingerprint density at radius 1 is 1.31 bits per heavy atom. The second-order valence-corrected chi connectivity index (χ2v) is 5.02. The van der Waals surface area contributed by atoms with Gasteiger partial charge in [0, 0.05) is 13.0 Å². The van der Waals surface area contributed by atoms with Crippen molar-refractivity contribution in [3.8, 4) is 0 Å².